The summed E-state index contributed by atoms with van der Waals surface area (Å²) >= 11 is 1.71. The Bertz CT molecular complexity index is 718. The van der Waals surface area contributed by atoms with Crippen LogP contribution in [0, 0.1) is 11.8 Å². The molecule has 2 fully saturated rings. The molecule has 5 nitrogen and oxygen atoms in total. The van der Waals surface area contributed by atoms with Crippen molar-refractivity contribution in [2.24, 2.45) is 11.8 Å². The highest BCUT2D eigenvalue weighted by atomic mass is 32.2. The number of thioether (sulfide) groups is 1. The monoisotopic (exact) mass is 372 g/mol. The van der Waals surface area contributed by atoms with Gasteiger partial charge < -0.3 is 19.4 Å². The molecule has 3 atom stereocenters. The first-order valence-electron chi connectivity index (χ1n) is 9.07. The second kappa shape index (κ2) is 7.76. The van der Waals surface area contributed by atoms with Gasteiger partial charge in [0.25, 0.3) is 0 Å². The summed E-state index contributed by atoms with van der Waals surface area (Å²) in [6.45, 7) is 1.58. The third-order valence-electron chi connectivity index (χ3n) is 5.37. The van der Waals surface area contributed by atoms with E-state index >= 15 is 0 Å². The highest BCUT2D eigenvalue weighted by Gasteiger charge is 2.43. The average Bonchev–Trinajstić information content (AvgIpc) is 3.26. The van der Waals surface area contributed by atoms with E-state index in [9.17, 15) is 4.79 Å². The number of amides is 2. The van der Waals surface area contributed by atoms with Gasteiger partial charge in [-0.3, -0.25) is 0 Å². The van der Waals surface area contributed by atoms with Gasteiger partial charge in [-0.05, 0) is 49.2 Å². The summed E-state index contributed by atoms with van der Waals surface area (Å²) < 4.78 is 11.0. The average molecular weight is 372 g/mol. The molecule has 1 aromatic heterocycles. The van der Waals surface area contributed by atoms with Crippen molar-refractivity contribution in [1.29, 1.82) is 0 Å². The Morgan fingerprint density at radius 2 is 1.96 bits per heavy atom. The Morgan fingerprint density at radius 1 is 1.23 bits per heavy atom. The van der Waals surface area contributed by atoms with Crippen LogP contribution in [0.5, 0.6) is 0 Å². The number of ether oxygens (including phenoxy) is 1. The Balaban J connectivity index is 1.30. The molecule has 6 heteroatoms. The molecule has 2 aliphatic rings. The van der Waals surface area contributed by atoms with Crippen LogP contribution in [0.4, 0.5) is 10.5 Å². The van der Waals surface area contributed by atoms with E-state index in [1.165, 1.54) is 0 Å². The molecular formula is C20H24N2O3S. The van der Waals surface area contributed by atoms with E-state index in [1.807, 2.05) is 41.3 Å². The summed E-state index contributed by atoms with van der Waals surface area (Å²) in [7, 11) is 1.79. The zero-order chi connectivity index (χ0) is 17.9. The molecule has 2 heterocycles. The van der Waals surface area contributed by atoms with Crippen LogP contribution >= 0.6 is 11.8 Å². The summed E-state index contributed by atoms with van der Waals surface area (Å²) in [5.41, 5.74) is 0.832. The number of methoxy groups -OCH3 is 1. The van der Waals surface area contributed by atoms with Crippen molar-refractivity contribution in [3.05, 3.63) is 48.4 Å². The number of likely N-dealkylation sites (tertiary alicyclic amines) is 1. The SMILES string of the molecule is COC1[C@@H]2CC[C@H]1CN(C(=O)Nc1ccc(SCc3ccco3)cc1)C2. The molecule has 0 spiro atoms. The van der Waals surface area contributed by atoms with Crippen molar-refractivity contribution in [3.63, 3.8) is 0 Å². The minimum Gasteiger partial charge on any atom is -0.468 e. The van der Waals surface area contributed by atoms with Crippen molar-refractivity contribution in [3.8, 4) is 0 Å². The molecule has 1 unspecified atom stereocenters. The van der Waals surface area contributed by atoms with Gasteiger partial charge in [0.1, 0.15) is 5.76 Å². The van der Waals surface area contributed by atoms with Crippen LogP contribution in [-0.2, 0) is 10.5 Å². The number of nitrogens with one attached hydrogen (secondary N) is 1. The first-order valence-corrected chi connectivity index (χ1v) is 10.1. The predicted octanol–water partition coefficient (Wildman–Crippen LogP) is 4.46. The van der Waals surface area contributed by atoms with E-state index in [-0.39, 0.29) is 6.03 Å². The minimum absolute atomic E-state index is 0.00700. The Morgan fingerprint density at radius 3 is 2.58 bits per heavy atom. The third-order valence-corrected chi connectivity index (χ3v) is 6.41. The number of fused-ring (bicyclic) bond motifs is 2. The Hall–Kier alpha value is -1.92. The fourth-order valence-electron chi connectivity index (χ4n) is 4.11. The summed E-state index contributed by atoms with van der Waals surface area (Å²) in [5.74, 6) is 2.71. The predicted molar refractivity (Wildman–Crippen MR) is 102 cm³/mol. The molecule has 2 bridgehead atoms. The number of hydrogen-bond acceptors (Lipinski definition) is 4. The van der Waals surface area contributed by atoms with Gasteiger partial charge in [-0.2, -0.15) is 0 Å². The molecule has 1 aliphatic heterocycles. The van der Waals surface area contributed by atoms with Gasteiger partial charge in [0.2, 0.25) is 0 Å². The largest absolute Gasteiger partial charge is 0.468 e. The van der Waals surface area contributed by atoms with Crippen molar-refractivity contribution in [2.45, 2.75) is 29.6 Å². The number of rotatable bonds is 5. The number of hydrogen-bond donors (Lipinski definition) is 1. The van der Waals surface area contributed by atoms with Gasteiger partial charge in [-0.25, -0.2) is 4.79 Å². The van der Waals surface area contributed by atoms with Crippen LogP contribution in [-0.4, -0.2) is 37.2 Å². The number of furan rings is 1. The van der Waals surface area contributed by atoms with E-state index < -0.39 is 0 Å². The van der Waals surface area contributed by atoms with Crippen LogP contribution in [0.15, 0.2) is 52.0 Å². The second-order valence-corrected chi connectivity index (χ2v) is 8.07. The van der Waals surface area contributed by atoms with E-state index in [1.54, 1.807) is 25.1 Å². The number of piperidine rings is 1. The van der Waals surface area contributed by atoms with E-state index in [2.05, 4.69) is 5.32 Å². The summed E-state index contributed by atoms with van der Waals surface area (Å²) in [6.07, 6.45) is 4.34. The molecule has 0 radical (unpaired) electrons. The van der Waals surface area contributed by atoms with Crippen LogP contribution < -0.4 is 5.32 Å². The maximum absolute atomic E-state index is 12.6. The van der Waals surface area contributed by atoms with Gasteiger partial charge in [0.15, 0.2) is 0 Å². The van der Waals surface area contributed by atoms with Crippen LogP contribution in [0.1, 0.15) is 18.6 Å². The summed E-state index contributed by atoms with van der Waals surface area (Å²) in [6, 6.07) is 11.8. The Kier molecular flexibility index (Phi) is 5.22. The van der Waals surface area contributed by atoms with Crippen molar-refractivity contribution in [1.82, 2.24) is 4.90 Å². The van der Waals surface area contributed by atoms with Crippen LogP contribution in [0.25, 0.3) is 0 Å². The molecule has 2 aromatic rings. The van der Waals surface area contributed by atoms with Gasteiger partial charge in [-0.1, -0.05) is 0 Å². The quantitative estimate of drug-likeness (QED) is 0.787. The first kappa shape index (κ1) is 17.5. The lowest BCUT2D eigenvalue weighted by atomic mass is 9.95. The van der Waals surface area contributed by atoms with Crippen LogP contribution in [0.2, 0.25) is 0 Å². The topological polar surface area (TPSA) is 54.7 Å². The standard InChI is InChI=1S/C20H24N2O3S/c1-24-19-14-4-5-15(19)12-22(11-14)20(23)21-16-6-8-18(9-7-16)26-13-17-3-2-10-25-17/h2-3,6-10,14-15,19H,4-5,11-13H2,1H3,(H,21,23)/t14-,15+,19?. The molecule has 4 rings (SSSR count). The fourth-order valence-corrected chi connectivity index (χ4v) is 4.91. The fraction of sp³-hybridized carbons (Fsp3) is 0.450. The van der Waals surface area contributed by atoms with Crippen LogP contribution in [0.3, 0.4) is 0 Å². The van der Waals surface area contributed by atoms with Gasteiger partial charge >= 0.3 is 6.03 Å². The number of nitrogens with zero attached hydrogens (tertiary/aromatic N) is 1. The molecular weight excluding hydrogens is 348 g/mol. The van der Waals surface area contributed by atoms with Crippen molar-refractivity contribution in [2.75, 3.05) is 25.5 Å². The van der Waals surface area contributed by atoms with E-state index in [0.717, 1.165) is 48.0 Å². The maximum atomic E-state index is 12.6. The third kappa shape index (κ3) is 3.76. The molecule has 26 heavy (non-hydrogen) atoms. The van der Waals surface area contributed by atoms with Crippen molar-refractivity contribution < 1.29 is 13.9 Å². The summed E-state index contributed by atoms with van der Waals surface area (Å²) in [4.78, 5) is 15.7. The molecule has 1 aliphatic carbocycles. The van der Waals surface area contributed by atoms with E-state index in [4.69, 9.17) is 9.15 Å². The smallest absolute Gasteiger partial charge is 0.321 e. The van der Waals surface area contributed by atoms with Gasteiger partial charge in [0, 0.05) is 42.6 Å². The number of carbonyl (C=O) groups is 1. The van der Waals surface area contributed by atoms with Crippen molar-refractivity contribution >= 4 is 23.5 Å². The molecule has 1 saturated carbocycles. The lowest BCUT2D eigenvalue weighted by Crippen LogP contribution is -2.49. The normalized spacial score (nSPS) is 24.7. The number of benzene rings is 1. The highest BCUT2D eigenvalue weighted by molar-refractivity contribution is 7.98. The molecule has 1 aromatic carbocycles. The zero-order valence-corrected chi connectivity index (χ0v) is 15.7. The minimum atomic E-state index is -0.00700. The second-order valence-electron chi connectivity index (χ2n) is 7.03. The highest BCUT2D eigenvalue weighted by Crippen LogP contribution is 2.38. The lowest BCUT2D eigenvalue weighted by molar-refractivity contribution is -0.00364. The molecule has 2 amide bonds. The number of urea groups is 1. The number of carbonyl (C=O) groups excluding carboxylic acids is 1. The van der Waals surface area contributed by atoms with E-state index in [0.29, 0.717) is 17.9 Å². The zero-order valence-electron chi connectivity index (χ0n) is 14.9. The molecule has 1 saturated heterocycles. The maximum Gasteiger partial charge on any atom is 0.321 e. The number of anilines is 1. The summed E-state index contributed by atoms with van der Waals surface area (Å²) in [5, 5.41) is 3.03. The first-order chi connectivity index (χ1) is 12.7. The molecule has 138 valence electrons. The van der Waals surface area contributed by atoms with Gasteiger partial charge in [-0.15, -0.1) is 11.8 Å². The molecule has 1 N–H and O–H groups in total. The van der Waals surface area contributed by atoms with Gasteiger partial charge in [0.05, 0.1) is 18.1 Å². The lowest BCUT2D eigenvalue weighted by Gasteiger charge is -2.37. The Labute approximate surface area is 158 Å².